The van der Waals surface area contributed by atoms with Crippen molar-refractivity contribution in [3.05, 3.63) is 131 Å². The molecule has 12 heteroatoms. The summed E-state index contributed by atoms with van der Waals surface area (Å²) < 4.78 is 22.6. The van der Waals surface area contributed by atoms with E-state index in [-0.39, 0.29) is 32.1 Å². The van der Waals surface area contributed by atoms with Crippen molar-refractivity contribution in [2.24, 2.45) is 11.7 Å². The topological polar surface area (TPSA) is 158 Å². The number of aliphatic hydroxyl groups is 1. The minimum atomic E-state index is -1.92. The maximum Gasteiger partial charge on any atom is 0.421 e. The van der Waals surface area contributed by atoms with Crippen molar-refractivity contribution in [3.8, 4) is 5.75 Å². The van der Waals surface area contributed by atoms with Gasteiger partial charge in [-0.25, -0.2) is 9.69 Å². The Bertz CT molecular complexity index is 1940. The van der Waals surface area contributed by atoms with Crippen molar-refractivity contribution >= 4 is 29.6 Å². The van der Waals surface area contributed by atoms with E-state index < -0.39 is 59.4 Å². The summed E-state index contributed by atoms with van der Waals surface area (Å²) in [7, 11) is 1.46. The Morgan fingerprint density at radius 3 is 2.18 bits per heavy atom. The van der Waals surface area contributed by atoms with Crippen LogP contribution in [0.15, 0.2) is 109 Å². The molecule has 3 aliphatic rings. The van der Waals surface area contributed by atoms with E-state index in [1.54, 1.807) is 48.5 Å². The summed E-state index contributed by atoms with van der Waals surface area (Å²) in [6.07, 6.45) is -1.82. The van der Waals surface area contributed by atoms with Crippen LogP contribution >= 0.6 is 0 Å². The first-order valence-electron chi connectivity index (χ1n) is 16.6. The van der Waals surface area contributed by atoms with Gasteiger partial charge in [0.2, 0.25) is 11.8 Å². The number of hydrogen-bond acceptors (Lipinski definition) is 10. The Morgan fingerprint density at radius 2 is 1.49 bits per heavy atom. The van der Waals surface area contributed by atoms with E-state index in [4.69, 9.17) is 24.7 Å². The first-order valence-corrected chi connectivity index (χ1v) is 16.6. The second-order valence-corrected chi connectivity index (χ2v) is 12.6. The molecule has 3 amide bonds. The number of morpholine rings is 1. The van der Waals surface area contributed by atoms with Crippen molar-refractivity contribution in [1.29, 1.82) is 0 Å². The van der Waals surface area contributed by atoms with Crippen LogP contribution in [0.2, 0.25) is 0 Å². The van der Waals surface area contributed by atoms with E-state index in [0.29, 0.717) is 22.4 Å². The highest BCUT2D eigenvalue weighted by molar-refractivity contribution is 6.23. The number of esters is 1. The third-order valence-electron chi connectivity index (χ3n) is 9.90. The molecule has 4 aromatic carbocycles. The fourth-order valence-electron chi connectivity index (χ4n) is 8.09. The number of nitrogens with zero attached hydrogens (tertiary/aromatic N) is 2. The van der Waals surface area contributed by atoms with Gasteiger partial charge in [-0.2, -0.15) is 0 Å². The standard InChI is InChI=1S/C39H37N3O9/c1-48-21-22-50-38(47)41-29-18-9-8-17-28(29)39(37(41)46)30(35(40)44)32-36(45)51-33(25-13-6-3-7-14-25)31(24-11-4-2-5-12-24)42(32)34(39)26-15-10-16-27(23-26)49-20-19-43/h2-18,23,30-34,43H,19-22H2,1H3,(H2,40,44). The molecule has 6 unspecified atom stereocenters. The van der Waals surface area contributed by atoms with Gasteiger partial charge >= 0.3 is 12.1 Å². The molecule has 2 fully saturated rings. The first kappa shape index (κ1) is 33.9. The number of carbonyl (C=O) groups excluding carboxylic acids is 4. The lowest BCUT2D eigenvalue weighted by molar-refractivity contribution is -0.178. The van der Waals surface area contributed by atoms with Gasteiger partial charge in [0.1, 0.15) is 36.5 Å². The van der Waals surface area contributed by atoms with Gasteiger partial charge in [0.25, 0.3) is 0 Å². The molecular weight excluding hydrogens is 654 g/mol. The van der Waals surface area contributed by atoms with Gasteiger partial charge in [-0.15, -0.1) is 0 Å². The number of nitrogens with two attached hydrogens (primary N) is 1. The Balaban J connectivity index is 1.53. The molecule has 0 aliphatic carbocycles. The van der Waals surface area contributed by atoms with Crippen LogP contribution in [0.3, 0.4) is 0 Å². The van der Waals surface area contributed by atoms with Crippen LogP contribution in [0.4, 0.5) is 10.5 Å². The second kappa shape index (κ2) is 14.0. The number of benzene rings is 4. The van der Waals surface area contributed by atoms with Gasteiger partial charge in [0.05, 0.1) is 36.9 Å². The number of cyclic esters (lactones) is 1. The lowest BCUT2D eigenvalue weighted by Crippen LogP contribution is -2.55. The summed E-state index contributed by atoms with van der Waals surface area (Å²) in [5.41, 5.74) is 6.90. The SMILES string of the molecule is COCCOC(=O)N1C(=O)C2(c3ccccc31)C(C(N)=O)C1C(=O)OC(c3ccccc3)C(c3ccccc3)N1C2c1cccc(OCCO)c1. The molecular formula is C39H37N3O9. The molecule has 6 atom stereocenters. The number of rotatable bonds is 10. The summed E-state index contributed by atoms with van der Waals surface area (Å²) in [6, 6.07) is 29.1. The van der Waals surface area contributed by atoms with Crippen LogP contribution in [-0.2, 0) is 34.0 Å². The van der Waals surface area contributed by atoms with Gasteiger partial charge in [0, 0.05) is 7.11 Å². The monoisotopic (exact) mass is 691 g/mol. The summed E-state index contributed by atoms with van der Waals surface area (Å²) in [6.45, 7) is -0.262. The molecule has 262 valence electrons. The number of primary amides is 1. The molecule has 2 saturated heterocycles. The van der Waals surface area contributed by atoms with E-state index in [1.807, 2.05) is 65.6 Å². The fourth-order valence-corrected chi connectivity index (χ4v) is 8.09. The summed E-state index contributed by atoms with van der Waals surface area (Å²) in [5, 5.41) is 9.52. The number of ether oxygens (including phenoxy) is 4. The van der Waals surface area contributed by atoms with Crippen molar-refractivity contribution in [1.82, 2.24) is 4.90 Å². The number of anilines is 1. The van der Waals surface area contributed by atoms with Crippen LogP contribution < -0.4 is 15.4 Å². The molecule has 0 aromatic heterocycles. The van der Waals surface area contributed by atoms with E-state index in [0.717, 1.165) is 10.5 Å². The predicted molar refractivity (Wildman–Crippen MR) is 183 cm³/mol. The largest absolute Gasteiger partial charge is 0.491 e. The first-order chi connectivity index (χ1) is 24.8. The molecule has 3 heterocycles. The van der Waals surface area contributed by atoms with Gasteiger partial charge in [-0.3, -0.25) is 19.3 Å². The third-order valence-corrected chi connectivity index (χ3v) is 9.90. The minimum absolute atomic E-state index is 0.00736. The summed E-state index contributed by atoms with van der Waals surface area (Å²) >= 11 is 0. The number of methoxy groups -OCH3 is 1. The van der Waals surface area contributed by atoms with Crippen LogP contribution in [0.25, 0.3) is 0 Å². The molecule has 1 spiro atoms. The van der Waals surface area contributed by atoms with Crippen molar-refractivity contribution < 1.29 is 43.2 Å². The molecule has 51 heavy (non-hydrogen) atoms. The quantitative estimate of drug-likeness (QED) is 0.184. The van der Waals surface area contributed by atoms with Gasteiger partial charge in [0.15, 0.2) is 0 Å². The minimum Gasteiger partial charge on any atom is -0.491 e. The third kappa shape index (κ3) is 5.52. The highest BCUT2D eigenvalue weighted by Gasteiger charge is 2.75. The fraction of sp³-hybridized carbons (Fsp3) is 0.282. The second-order valence-electron chi connectivity index (χ2n) is 12.6. The summed E-state index contributed by atoms with van der Waals surface area (Å²) in [4.78, 5) is 60.5. The maximum atomic E-state index is 15.4. The summed E-state index contributed by atoms with van der Waals surface area (Å²) in [5.74, 6) is -3.53. The molecule has 0 bridgehead atoms. The number of amides is 3. The molecule has 0 radical (unpaired) electrons. The van der Waals surface area contributed by atoms with Gasteiger partial charge in [-0.05, 0) is 40.5 Å². The van der Waals surface area contributed by atoms with Crippen molar-refractivity contribution in [2.45, 2.75) is 29.6 Å². The number of fused-ring (bicyclic) bond motifs is 3. The van der Waals surface area contributed by atoms with Crippen LogP contribution in [-0.4, -0.2) is 73.5 Å². The Hall–Kier alpha value is -5.56. The number of carbonyl (C=O) groups is 4. The predicted octanol–water partition coefficient (Wildman–Crippen LogP) is 3.99. The Kier molecular flexibility index (Phi) is 9.30. The van der Waals surface area contributed by atoms with E-state index in [9.17, 15) is 19.5 Å². The van der Waals surface area contributed by atoms with Crippen molar-refractivity contribution in [3.63, 3.8) is 0 Å². The van der Waals surface area contributed by atoms with E-state index in [2.05, 4.69) is 0 Å². The number of hydrogen-bond donors (Lipinski definition) is 2. The van der Waals surface area contributed by atoms with E-state index >= 15 is 4.79 Å². The zero-order valence-electron chi connectivity index (χ0n) is 27.8. The normalized spacial score (nSPS) is 25.3. The van der Waals surface area contributed by atoms with E-state index in [1.165, 1.54) is 7.11 Å². The molecule has 4 aromatic rings. The zero-order valence-corrected chi connectivity index (χ0v) is 27.8. The number of para-hydroxylation sites is 1. The molecule has 3 aliphatic heterocycles. The van der Waals surface area contributed by atoms with Gasteiger partial charge in [-0.1, -0.05) is 91.0 Å². The average molecular weight is 692 g/mol. The molecule has 7 rings (SSSR count). The molecule has 3 N–H and O–H groups in total. The number of imide groups is 1. The van der Waals surface area contributed by atoms with Gasteiger partial charge < -0.3 is 29.8 Å². The highest BCUT2D eigenvalue weighted by Crippen LogP contribution is 2.65. The average Bonchev–Trinajstić information content (AvgIpc) is 3.61. The lowest BCUT2D eigenvalue weighted by Gasteiger charge is -2.46. The van der Waals surface area contributed by atoms with Crippen LogP contribution in [0.1, 0.15) is 40.4 Å². The van der Waals surface area contributed by atoms with Crippen molar-refractivity contribution in [2.75, 3.05) is 38.4 Å². The Labute approximate surface area is 294 Å². The number of aliphatic hydroxyl groups excluding tert-OH is 1. The zero-order chi connectivity index (χ0) is 35.7. The lowest BCUT2D eigenvalue weighted by atomic mass is 9.65. The van der Waals surface area contributed by atoms with Crippen LogP contribution in [0.5, 0.6) is 5.75 Å². The maximum absolute atomic E-state index is 15.4. The molecule has 0 saturated carbocycles. The van der Waals surface area contributed by atoms with Crippen LogP contribution in [0, 0.1) is 5.92 Å². The molecule has 12 nitrogen and oxygen atoms in total. The highest BCUT2D eigenvalue weighted by atomic mass is 16.6. The smallest absolute Gasteiger partial charge is 0.421 e. The Morgan fingerprint density at radius 1 is 0.824 bits per heavy atom.